The van der Waals surface area contributed by atoms with Gasteiger partial charge in [0.25, 0.3) is 0 Å². The lowest BCUT2D eigenvalue weighted by Gasteiger charge is -2.40. The number of hydrogen-bond acceptors (Lipinski definition) is 3. The Morgan fingerprint density at radius 2 is 1.63 bits per heavy atom. The van der Waals surface area contributed by atoms with Crippen molar-refractivity contribution in [2.75, 3.05) is 0 Å². The van der Waals surface area contributed by atoms with Crippen LogP contribution in [-0.4, -0.2) is 17.3 Å². The molecule has 3 nitrogen and oxygen atoms in total. The Kier molecular flexibility index (Phi) is 4.39. The van der Waals surface area contributed by atoms with Gasteiger partial charge in [0.1, 0.15) is 5.78 Å². The van der Waals surface area contributed by atoms with Crippen molar-refractivity contribution in [3.63, 3.8) is 0 Å². The first-order valence-corrected chi connectivity index (χ1v) is 11.0. The number of carbonyl (C=O) groups excluding carboxylic acids is 2. The van der Waals surface area contributed by atoms with Crippen LogP contribution in [0.2, 0.25) is 0 Å². The van der Waals surface area contributed by atoms with Crippen LogP contribution >= 0.6 is 0 Å². The Morgan fingerprint density at radius 1 is 0.933 bits per heavy atom. The quantitative estimate of drug-likeness (QED) is 0.658. The van der Waals surface area contributed by atoms with Crippen molar-refractivity contribution in [3.05, 3.63) is 76.4 Å². The molecule has 0 bridgehead atoms. The van der Waals surface area contributed by atoms with E-state index in [-0.39, 0.29) is 28.8 Å². The molecule has 0 N–H and O–H groups in total. The fraction of sp³-hybridized carbons (Fsp3) is 0.370. The maximum Gasteiger partial charge on any atom is 0.192 e. The maximum atomic E-state index is 13.5. The molecule has 2 atom stereocenters. The number of Topliss-reactive ketones (excluding diaryl/α,β-unsaturated/α-hetero) is 2. The summed E-state index contributed by atoms with van der Waals surface area (Å²) in [5.41, 5.74) is 6.31. The van der Waals surface area contributed by atoms with Crippen LogP contribution in [0.4, 0.5) is 0 Å². The van der Waals surface area contributed by atoms with Gasteiger partial charge in [-0.3, -0.25) is 14.6 Å². The highest BCUT2D eigenvalue weighted by Gasteiger charge is 2.49. The van der Waals surface area contributed by atoms with Crippen LogP contribution < -0.4 is 0 Å². The van der Waals surface area contributed by atoms with Crippen molar-refractivity contribution < 1.29 is 9.59 Å². The van der Waals surface area contributed by atoms with Crippen molar-refractivity contribution >= 4 is 23.0 Å². The first kappa shape index (κ1) is 19.2. The molecule has 1 saturated carbocycles. The van der Waals surface area contributed by atoms with Crippen LogP contribution in [-0.2, 0) is 11.2 Å². The molecule has 1 heterocycles. The highest BCUT2D eigenvalue weighted by atomic mass is 16.1. The minimum Gasteiger partial charge on any atom is -0.299 e. The van der Waals surface area contributed by atoms with Crippen molar-refractivity contribution in [1.29, 1.82) is 0 Å². The third kappa shape index (κ3) is 2.91. The Hall–Kier alpha value is -2.81. The Labute approximate surface area is 177 Å². The normalized spacial score (nSPS) is 24.3. The van der Waals surface area contributed by atoms with E-state index in [1.807, 2.05) is 24.3 Å². The van der Waals surface area contributed by atoms with Gasteiger partial charge >= 0.3 is 0 Å². The van der Waals surface area contributed by atoms with E-state index in [0.29, 0.717) is 17.6 Å². The molecule has 0 spiro atoms. The van der Waals surface area contributed by atoms with Crippen molar-refractivity contribution in [2.45, 2.75) is 52.4 Å². The number of ketones is 2. The zero-order valence-corrected chi connectivity index (χ0v) is 17.9. The van der Waals surface area contributed by atoms with Gasteiger partial charge < -0.3 is 0 Å². The zero-order valence-electron chi connectivity index (χ0n) is 17.9. The van der Waals surface area contributed by atoms with E-state index in [1.165, 1.54) is 5.56 Å². The van der Waals surface area contributed by atoms with E-state index in [0.717, 1.165) is 41.8 Å². The van der Waals surface area contributed by atoms with E-state index in [9.17, 15) is 9.59 Å². The number of aliphatic imine (C=N–C) groups is 1. The van der Waals surface area contributed by atoms with Crippen molar-refractivity contribution in [2.24, 2.45) is 16.3 Å². The zero-order chi connectivity index (χ0) is 21.0. The van der Waals surface area contributed by atoms with Gasteiger partial charge in [0.15, 0.2) is 5.78 Å². The predicted octanol–water partition coefficient (Wildman–Crippen LogP) is 5.79. The molecule has 2 aliphatic carbocycles. The average molecular weight is 398 g/mol. The van der Waals surface area contributed by atoms with Crippen LogP contribution in [0.1, 0.15) is 73.0 Å². The van der Waals surface area contributed by atoms with Crippen LogP contribution in [0, 0.1) is 11.3 Å². The van der Waals surface area contributed by atoms with Gasteiger partial charge in [0, 0.05) is 34.8 Å². The average Bonchev–Trinajstić information content (AvgIpc) is 2.99. The lowest BCUT2D eigenvalue weighted by molar-refractivity contribution is -0.124. The highest BCUT2D eigenvalue weighted by Crippen LogP contribution is 2.51. The van der Waals surface area contributed by atoms with Gasteiger partial charge in [-0.25, -0.2) is 0 Å². The number of benzene rings is 2. The van der Waals surface area contributed by atoms with Crippen molar-refractivity contribution in [1.82, 2.24) is 0 Å². The molecule has 0 saturated heterocycles. The largest absolute Gasteiger partial charge is 0.299 e. The van der Waals surface area contributed by atoms with Gasteiger partial charge in [-0.15, -0.1) is 0 Å². The third-order valence-electron chi connectivity index (χ3n) is 6.72. The number of allylic oxidation sites excluding steroid dienone is 1. The van der Waals surface area contributed by atoms with E-state index in [4.69, 9.17) is 4.99 Å². The smallest absolute Gasteiger partial charge is 0.192 e. The van der Waals surface area contributed by atoms with E-state index < -0.39 is 0 Å². The fourth-order valence-electron chi connectivity index (χ4n) is 5.46. The van der Waals surface area contributed by atoms with Gasteiger partial charge in [-0.05, 0) is 29.4 Å². The van der Waals surface area contributed by atoms with Crippen LogP contribution in [0.5, 0.6) is 0 Å². The number of rotatable bonds is 3. The van der Waals surface area contributed by atoms with Gasteiger partial charge in [0.05, 0.1) is 11.6 Å². The second kappa shape index (κ2) is 6.87. The molecule has 1 unspecified atom stereocenters. The lowest BCUT2D eigenvalue weighted by atomic mass is 9.63. The van der Waals surface area contributed by atoms with E-state index in [1.54, 1.807) is 0 Å². The third-order valence-corrected chi connectivity index (χ3v) is 6.72. The second-order valence-corrected chi connectivity index (χ2v) is 9.67. The number of hydrogen-bond donors (Lipinski definition) is 0. The Bertz CT molecular complexity index is 1120. The summed E-state index contributed by atoms with van der Waals surface area (Å²) in [5.74, 6) is -0.328. The summed E-state index contributed by atoms with van der Waals surface area (Å²) in [6, 6.07) is 16.3. The van der Waals surface area contributed by atoms with Gasteiger partial charge in [-0.1, -0.05) is 75.7 Å². The molecule has 0 aromatic heterocycles. The molecular formula is C27H27NO2. The van der Waals surface area contributed by atoms with Gasteiger partial charge in [0.2, 0.25) is 0 Å². The maximum absolute atomic E-state index is 13.5. The van der Waals surface area contributed by atoms with Crippen molar-refractivity contribution in [3.8, 4) is 0 Å². The van der Waals surface area contributed by atoms with Crippen LogP contribution in [0.25, 0.3) is 5.70 Å². The predicted molar refractivity (Wildman–Crippen MR) is 120 cm³/mol. The van der Waals surface area contributed by atoms with Crippen LogP contribution in [0.3, 0.4) is 0 Å². The summed E-state index contributed by atoms with van der Waals surface area (Å²) in [6.07, 6.45) is 3.46. The summed E-state index contributed by atoms with van der Waals surface area (Å²) >= 11 is 0. The molecule has 3 aliphatic rings. The second-order valence-electron chi connectivity index (χ2n) is 9.67. The van der Waals surface area contributed by atoms with E-state index in [2.05, 4.69) is 45.0 Å². The Balaban J connectivity index is 1.69. The number of carbonyl (C=O) groups is 2. The standard InChI is InChI=1S/C27H27NO2/c1-4-7-16-10-12-17(13-11-16)22-23-20(14-27(2,3)15-21(23)29)28-25-18-8-5-6-9-19(18)26(30)24(22)25/h5-6,8-13,22-23H,4,7,14-15H2,1-3H3/t22-,23?/m0/s1. The summed E-state index contributed by atoms with van der Waals surface area (Å²) in [7, 11) is 0. The first-order chi connectivity index (χ1) is 14.4. The molecule has 3 heteroatoms. The number of aryl methyl sites for hydroxylation is 1. The summed E-state index contributed by atoms with van der Waals surface area (Å²) in [5, 5.41) is 0. The van der Waals surface area contributed by atoms with E-state index >= 15 is 0 Å². The summed E-state index contributed by atoms with van der Waals surface area (Å²) < 4.78 is 0. The molecular weight excluding hydrogens is 370 g/mol. The number of fused-ring (bicyclic) bond motifs is 3. The fourth-order valence-corrected chi connectivity index (χ4v) is 5.46. The lowest BCUT2D eigenvalue weighted by Crippen LogP contribution is -2.43. The minimum atomic E-state index is -0.327. The molecule has 0 radical (unpaired) electrons. The molecule has 1 aliphatic heterocycles. The Morgan fingerprint density at radius 3 is 2.33 bits per heavy atom. The molecule has 30 heavy (non-hydrogen) atoms. The minimum absolute atomic E-state index is 0.0312. The molecule has 152 valence electrons. The summed E-state index contributed by atoms with van der Waals surface area (Å²) in [6.45, 7) is 6.44. The summed E-state index contributed by atoms with van der Waals surface area (Å²) in [4.78, 5) is 31.8. The highest BCUT2D eigenvalue weighted by molar-refractivity contribution is 6.25. The first-order valence-electron chi connectivity index (χ1n) is 11.0. The monoisotopic (exact) mass is 397 g/mol. The molecule has 0 amide bonds. The topological polar surface area (TPSA) is 46.5 Å². The SMILES string of the molecule is CCCc1ccc([C@@H]2C3=C(N=C4CC(C)(C)CC(=O)C42)c2ccccc2C3=O)cc1. The number of nitrogens with zero attached hydrogens (tertiary/aromatic N) is 1. The van der Waals surface area contributed by atoms with Crippen LogP contribution in [0.15, 0.2) is 59.1 Å². The molecule has 1 fully saturated rings. The molecule has 2 aromatic rings. The van der Waals surface area contributed by atoms with Gasteiger partial charge in [-0.2, -0.15) is 0 Å². The molecule has 2 aromatic carbocycles. The molecule has 5 rings (SSSR count).